The van der Waals surface area contributed by atoms with E-state index in [1.54, 1.807) is 18.2 Å². The highest BCUT2D eigenvalue weighted by atomic mass is 16.6. The Bertz CT molecular complexity index is 640. The van der Waals surface area contributed by atoms with Crippen LogP contribution in [-0.4, -0.2) is 18.2 Å². The van der Waals surface area contributed by atoms with E-state index < -0.39 is 5.97 Å². The van der Waals surface area contributed by atoms with Gasteiger partial charge in [-0.3, -0.25) is 4.79 Å². The van der Waals surface area contributed by atoms with Crippen LogP contribution in [-0.2, 0) is 11.2 Å². The molecule has 2 aromatic rings. The van der Waals surface area contributed by atoms with Gasteiger partial charge in [-0.2, -0.15) is 0 Å². The van der Waals surface area contributed by atoms with Crippen molar-refractivity contribution in [3.05, 3.63) is 48.0 Å². The number of esters is 1. The number of carbonyl (C=O) groups excluding carboxylic acids is 1. The van der Waals surface area contributed by atoms with Gasteiger partial charge in [-0.25, -0.2) is 0 Å². The van der Waals surface area contributed by atoms with E-state index in [0.717, 1.165) is 5.56 Å². The molecule has 2 aromatic carbocycles. The Kier molecular flexibility index (Phi) is 4.66. The lowest BCUT2D eigenvalue weighted by Crippen LogP contribution is -2.10. The second-order valence-electron chi connectivity index (χ2n) is 4.48. The Morgan fingerprint density at radius 2 is 1.95 bits per heavy atom. The highest BCUT2D eigenvalue weighted by molar-refractivity contribution is 5.75. The number of rotatable bonds is 5. The molecule has 5 heteroatoms. The molecule has 0 atom stereocenters. The van der Waals surface area contributed by atoms with E-state index in [1.165, 1.54) is 13.2 Å². The van der Waals surface area contributed by atoms with Crippen LogP contribution in [0.2, 0.25) is 0 Å². The summed E-state index contributed by atoms with van der Waals surface area (Å²) in [5, 5.41) is 9.72. The van der Waals surface area contributed by atoms with E-state index in [9.17, 15) is 9.90 Å². The molecule has 3 N–H and O–H groups in total. The Hall–Kier alpha value is -2.69. The van der Waals surface area contributed by atoms with Crippen molar-refractivity contribution in [3.8, 4) is 17.2 Å². The molecular formula is C16H17NO4. The topological polar surface area (TPSA) is 81.8 Å². The van der Waals surface area contributed by atoms with E-state index >= 15 is 0 Å². The van der Waals surface area contributed by atoms with Crippen LogP contribution in [0.5, 0.6) is 17.2 Å². The largest absolute Gasteiger partial charge is 0.504 e. The fourth-order valence-electron chi connectivity index (χ4n) is 1.93. The summed E-state index contributed by atoms with van der Waals surface area (Å²) in [6.07, 6.45) is 0.632. The first kappa shape index (κ1) is 14.7. The molecule has 0 aliphatic carbocycles. The Balaban J connectivity index is 2.01. The number of benzene rings is 2. The van der Waals surface area contributed by atoms with Crippen molar-refractivity contribution in [2.24, 2.45) is 0 Å². The van der Waals surface area contributed by atoms with Gasteiger partial charge >= 0.3 is 5.97 Å². The molecule has 0 saturated heterocycles. The third kappa shape index (κ3) is 3.66. The van der Waals surface area contributed by atoms with Crippen LogP contribution in [0.3, 0.4) is 0 Å². The maximum absolute atomic E-state index is 11.9. The molecule has 0 spiro atoms. The summed E-state index contributed by atoms with van der Waals surface area (Å²) < 4.78 is 10.2. The zero-order valence-corrected chi connectivity index (χ0v) is 11.7. The second kappa shape index (κ2) is 6.65. The molecule has 2 rings (SSSR count). The predicted molar refractivity (Wildman–Crippen MR) is 79.5 cm³/mol. The third-order valence-corrected chi connectivity index (χ3v) is 3.05. The lowest BCUT2D eigenvalue weighted by Gasteiger charge is -2.10. The number of nitrogen functional groups attached to an aromatic ring is 1. The van der Waals surface area contributed by atoms with E-state index in [4.69, 9.17) is 15.2 Å². The molecule has 5 nitrogen and oxygen atoms in total. The van der Waals surface area contributed by atoms with Crippen LogP contribution in [0.1, 0.15) is 12.0 Å². The van der Waals surface area contributed by atoms with Crippen LogP contribution in [0.4, 0.5) is 5.69 Å². The minimum atomic E-state index is -0.460. The predicted octanol–water partition coefficient (Wildman–Crippen LogP) is 2.52. The van der Waals surface area contributed by atoms with Gasteiger partial charge in [0.2, 0.25) is 5.75 Å². The zero-order chi connectivity index (χ0) is 15.2. The summed E-state index contributed by atoms with van der Waals surface area (Å²) in [6, 6.07) is 12.0. The van der Waals surface area contributed by atoms with Crippen molar-refractivity contribution in [1.82, 2.24) is 0 Å². The summed E-state index contributed by atoms with van der Waals surface area (Å²) in [7, 11) is 1.44. The number of phenols is 1. The van der Waals surface area contributed by atoms with Gasteiger partial charge in [0.15, 0.2) is 11.5 Å². The maximum atomic E-state index is 11.9. The normalized spacial score (nSPS) is 10.1. The van der Waals surface area contributed by atoms with E-state index in [-0.39, 0.29) is 17.9 Å². The van der Waals surface area contributed by atoms with Crippen LogP contribution < -0.4 is 15.2 Å². The number of anilines is 1. The number of nitrogens with two attached hydrogens (primary N) is 1. The smallest absolute Gasteiger partial charge is 0.311 e. The summed E-state index contributed by atoms with van der Waals surface area (Å²) in [6.45, 7) is 0. The SMILES string of the molecule is COc1cccc(O)c1OC(=O)CCc1ccccc1N. The number of hydrogen-bond acceptors (Lipinski definition) is 5. The number of para-hydroxylation sites is 2. The molecular weight excluding hydrogens is 270 g/mol. The van der Waals surface area contributed by atoms with Crippen LogP contribution in [0, 0.1) is 0 Å². The molecule has 0 radical (unpaired) electrons. The van der Waals surface area contributed by atoms with Gasteiger partial charge < -0.3 is 20.3 Å². The highest BCUT2D eigenvalue weighted by Crippen LogP contribution is 2.36. The van der Waals surface area contributed by atoms with E-state index in [0.29, 0.717) is 17.9 Å². The molecule has 110 valence electrons. The molecule has 0 fully saturated rings. The van der Waals surface area contributed by atoms with Crippen LogP contribution in [0.25, 0.3) is 0 Å². The maximum Gasteiger partial charge on any atom is 0.311 e. The molecule has 0 unspecified atom stereocenters. The van der Waals surface area contributed by atoms with Crippen molar-refractivity contribution in [2.45, 2.75) is 12.8 Å². The van der Waals surface area contributed by atoms with Crippen LogP contribution in [0.15, 0.2) is 42.5 Å². The molecule has 0 aromatic heterocycles. The Labute approximate surface area is 122 Å². The molecule has 0 bridgehead atoms. The molecule has 0 aliphatic heterocycles. The first-order chi connectivity index (χ1) is 10.1. The number of aryl methyl sites for hydroxylation is 1. The quantitative estimate of drug-likeness (QED) is 0.501. The number of hydrogen-bond donors (Lipinski definition) is 2. The van der Waals surface area contributed by atoms with Gasteiger partial charge in [0.05, 0.1) is 13.5 Å². The molecule has 0 saturated carbocycles. The van der Waals surface area contributed by atoms with Crippen molar-refractivity contribution in [2.75, 3.05) is 12.8 Å². The summed E-state index contributed by atoms with van der Waals surface area (Å²) >= 11 is 0. The van der Waals surface area contributed by atoms with Gasteiger partial charge in [0.25, 0.3) is 0 Å². The summed E-state index contributed by atoms with van der Waals surface area (Å²) in [5.74, 6) is -0.256. The molecule has 0 aliphatic rings. The van der Waals surface area contributed by atoms with Gasteiger partial charge in [-0.1, -0.05) is 24.3 Å². The Morgan fingerprint density at radius 1 is 1.19 bits per heavy atom. The van der Waals surface area contributed by atoms with Gasteiger partial charge in [-0.15, -0.1) is 0 Å². The van der Waals surface area contributed by atoms with Crippen molar-refractivity contribution in [3.63, 3.8) is 0 Å². The first-order valence-corrected chi connectivity index (χ1v) is 6.52. The third-order valence-electron chi connectivity index (χ3n) is 3.05. The van der Waals surface area contributed by atoms with Crippen LogP contribution >= 0.6 is 0 Å². The highest BCUT2D eigenvalue weighted by Gasteiger charge is 2.14. The first-order valence-electron chi connectivity index (χ1n) is 6.52. The van der Waals surface area contributed by atoms with Crippen molar-refractivity contribution >= 4 is 11.7 Å². The lowest BCUT2D eigenvalue weighted by atomic mass is 10.1. The minimum absolute atomic E-state index is 0.0334. The number of aromatic hydroxyl groups is 1. The van der Waals surface area contributed by atoms with Gasteiger partial charge in [0.1, 0.15) is 0 Å². The second-order valence-corrected chi connectivity index (χ2v) is 4.48. The fraction of sp³-hybridized carbons (Fsp3) is 0.188. The number of phenolic OH excluding ortho intramolecular Hbond substituents is 1. The van der Waals surface area contributed by atoms with E-state index in [2.05, 4.69) is 0 Å². The molecule has 0 heterocycles. The van der Waals surface area contributed by atoms with E-state index in [1.807, 2.05) is 18.2 Å². The number of carbonyl (C=O) groups is 1. The average molecular weight is 287 g/mol. The zero-order valence-electron chi connectivity index (χ0n) is 11.7. The van der Waals surface area contributed by atoms with Gasteiger partial charge in [0, 0.05) is 5.69 Å². The minimum Gasteiger partial charge on any atom is -0.504 e. The average Bonchev–Trinajstić information content (AvgIpc) is 2.48. The Morgan fingerprint density at radius 3 is 2.67 bits per heavy atom. The number of methoxy groups -OCH3 is 1. The van der Waals surface area contributed by atoms with Crippen molar-refractivity contribution in [1.29, 1.82) is 0 Å². The summed E-state index contributed by atoms with van der Waals surface area (Å²) in [4.78, 5) is 11.9. The fourth-order valence-corrected chi connectivity index (χ4v) is 1.93. The van der Waals surface area contributed by atoms with Gasteiger partial charge in [-0.05, 0) is 30.2 Å². The standard InChI is InChI=1S/C16H17NO4/c1-20-14-8-4-7-13(18)16(14)21-15(19)10-9-11-5-2-3-6-12(11)17/h2-8,18H,9-10,17H2,1H3. The lowest BCUT2D eigenvalue weighted by molar-refractivity contribution is -0.134. The monoisotopic (exact) mass is 287 g/mol. The molecule has 21 heavy (non-hydrogen) atoms. The molecule has 0 amide bonds. The van der Waals surface area contributed by atoms with Crippen molar-refractivity contribution < 1.29 is 19.4 Å². The summed E-state index contributed by atoms with van der Waals surface area (Å²) in [5.41, 5.74) is 7.35. The number of ether oxygens (including phenoxy) is 2.